The van der Waals surface area contributed by atoms with Gasteiger partial charge in [-0.05, 0) is 29.3 Å². The van der Waals surface area contributed by atoms with Crippen LogP contribution in [0.3, 0.4) is 0 Å². The van der Waals surface area contributed by atoms with Crippen molar-refractivity contribution in [3.8, 4) is 0 Å². The molecule has 0 aromatic heterocycles. The van der Waals surface area contributed by atoms with E-state index < -0.39 is 108 Å². The maximum absolute atomic E-state index is 13.8. The lowest BCUT2D eigenvalue weighted by molar-refractivity contribution is -0.136. The van der Waals surface area contributed by atoms with Gasteiger partial charge in [-0.1, -0.05) is 48.5 Å². The SMILES string of the molecule is CN(C)c1ccc(C=CC=NC(O)C(=O)NC(C(=O)NC(N=C(N)N)C(=O)NC(N=C(N)N)C(=O)NC(N=C(N)N)C(=O)NC(N=C(N)N)C(=O)NC(N)C(N)=O)c2ccccc2)cc1. The lowest BCUT2D eigenvalue weighted by Gasteiger charge is -2.24. The number of guanidine groups is 4. The molecule has 0 aliphatic rings. The van der Waals surface area contributed by atoms with Crippen LogP contribution in [0.15, 0.2) is 85.6 Å². The molecule has 0 saturated heterocycles. The minimum atomic E-state index is -2.18. The summed E-state index contributed by atoms with van der Waals surface area (Å²) in [6.07, 6.45) is -7.91. The summed E-state index contributed by atoms with van der Waals surface area (Å²) in [5.74, 6) is -12.0. The van der Waals surface area contributed by atoms with Gasteiger partial charge in [-0.2, -0.15) is 0 Å². The average Bonchev–Trinajstić information content (AvgIpc) is 3.22. The minimum absolute atomic E-state index is 0.150. The summed E-state index contributed by atoms with van der Waals surface area (Å²) in [6, 6.07) is 13.4. The number of nitrogens with one attached hydrogen (secondary N) is 6. The molecule has 0 fully saturated rings. The van der Waals surface area contributed by atoms with Crippen molar-refractivity contribution >= 4 is 83.2 Å². The largest absolute Gasteiger partial charge is 0.378 e. The van der Waals surface area contributed by atoms with Crippen LogP contribution < -0.4 is 94.1 Å². The highest BCUT2D eigenvalue weighted by molar-refractivity contribution is 5.99. The molecule has 7 amide bonds. The Morgan fingerprint density at radius 2 is 0.954 bits per heavy atom. The van der Waals surface area contributed by atoms with E-state index in [0.29, 0.717) is 0 Å². The first kappa shape index (κ1) is 52.1. The van der Waals surface area contributed by atoms with Gasteiger partial charge in [0, 0.05) is 26.0 Å². The minimum Gasteiger partial charge on any atom is -0.378 e. The monoisotopic (exact) mass is 908 g/mol. The van der Waals surface area contributed by atoms with Crippen LogP contribution >= 0.6 is 0 Å². The topological polar surface area (TPSA) is 537 Å². The molecule has 30 nitrogen and oxygen atoms in total. The summed E-state index contributed by atoms with van der Waals surface area (Å²) < 4.78 is 0. The van der Waals surface area contributed by atoms with E-state index in [1.165, 1.54) is 36.6 Å². The van der Waals surface area contributed by atoms with E-state index in [-0.39, 0.29) is 5.56 Å². The first-order valence-corrected chi connectivity index (χ1v) is 18.4. The Bertz CT molecular complexity index is 2200. The zero-order valence-electron chi connectivity index (χ0n) is 34.7. The highest BCUT2D eigenvalue weighted by Crippen LogP contribution is 2.15. The Morgan fingerprint density at radius 3 is 1.34 bits per heavy atom. The van der Waals surface area contributed by atoms with Crippen LogP contribution in [0.1, 0.15) is 17.2 Å². The predicted molar refractivity (Wildman–Crippen MR) is 238 cm³/mol. The summed E-state index contributed by atoms with van der Waals surface area (Å²) in [5.41, 5.74) is 56.0. The van der Waals surface area contributed by atoms with E-state index in [4.69, 9.17) is 57.3 Å². The Hall–Kier alpha value is -9.06. The molecule has 30 heteroatoms. The second-order valence-corrected chi connectivity index (χ2v) is 13.1. The molecule has 0 saturated carbocycles. The number of hydrogen-bond donors (Lipinski definition) is 17. The maximum atomic E-state index is 13.8. The van der Waals surface area contributed by atoms with Gasteiger partial charge in [-0.3, -0.25) is 38.6 Å². The van der Waals surface area contributed by atoms with E-state index in [1.807, 2.05) is 59.2 Å². The third kappa shape index (κ3) is 18.2. The molecule has 0 aliphatic carbocycles. The van der Waals surface area contributed by atoms with Crippen LogP contribution in [0.25, 0.3) is 6.08 Å². The number of aliphatic hydroxyl groups excluding tert-OH is 1. The summed E-state index contributed by atoms with van der Waals surface area (Å²) in [6.45, 7) is 0. The van der Waals surface area contributed by atoms with Crippen LogP contribution in [-0.4, -0.2) is 128 Å². The number of amides is 7. The Kier molecular flexibility index (Phi) is 20.0. The zero-order valence-corrected chi connectivity index (χ0v) is 34.7. The third-order valence-electron chi connectivity index (χ3n) is 7.75. The van der Waals surface area contributed by atoms with Crippen molar-refractivity contribution in [2.24, 2.45) is 82.3 Å². The number of nitrogens with two attached hydrogens (primary N) is 10. The fraction of sp³-hybridized carbons (Fsp3) is 0.257. The first-order chi connectivity index (χ1) is 30.5. The highest BCUT2D eigenvalue weighted by Gasteiger charge is 2.34. The molecule has 350 valence electrons. The third-order valence-corrected chi connectivity index (χ3v) is 7.75. The molecular weight excluding hydrogens is 857 g/mol. The second-order valence-electron chi connectivity index (χ2n) is 13.1. The number of nitrogens with zero attached hydrogens (tertiary/aromatic N) is 6. The average molecular weight is 909 g/mol. The standard InChI is InChI=1S/C35H52N22O8/c1-57(2)17-12-10-15(11-13-17)7-6-14-46-30(64)31(65)47-18(16-8-4-3-5-9-16)25(59)49-22(54-33(40)41)27(61)51-24(56-35(44)45)29(63)52-23(55-34(42)43)28(62)50-21(53-32(38)39)26(60)48-19(36)20(37)58/h3-14,18-19,21-24,30,64H,36H2,1-2H3,(H2,37,58)(H,47,65)(H,48,60)(H,49,59)(H,50,62)(H,51,61)(H,52,63)(H4,38,39,53)(H4,40,41,54)(H4,42,43,55)(H4,44,45,56). The number of allylic oxidation sites excluding steroid dienone is 1. The van der Waals surface area contributed by atoms with Gasteiger partial charge in [0.2, 0.25) is 36.8 Å². The fourth-order valence-electron chi connectivity index (χ4n) is 4.78. The first-order valence-electron chi connectivity index (χ1n) is 18.4. The molecule has 0 spiro atoms. The van der Waals surface area contributed by atoms with Gasteiger partial charge in [-0.15, -0.1) is 0 Å². The van der Waals surface area contributed by atoms with Crippen molar-refractivity contribution in [1.82, 2.24) is 31.9 Å². The Balaban J connectivity index is 2.35. The Morgan fingerprint density at radius 1 is 0.554 bits per heavy atom. The molecule has 0 bridgehead atoms. The van der Waals surface area contributed by atoms with E-state index in [2.05, 4.69) is 40.9 Å². The molecule has 7 unspecified atom stereocenters. The van der Waals surface area contributed by atoms with Gasteiger partial charge >= 0.3 is 0 Å². The molecule has 7 atom stereocenters. The van der Waals surface area contributed by atoms with E-state index >= 15 is 0 Å². The summed E-state index contributed by atoms with van der Waals surface area (Å²) >= 11 is 0. The molecule has 2 aromatic rings. The number of aliphatic hydroxyl groups is 1. The lowest BCUT2D eigenvalue weighted by Crippen LogP contribution is -2.60. The normalized spacial score (nSPS) is 14.0. The van der Waals surface area contributed by atoms with Gasteiger partial charge in [-0.25, -0.2) is 20.0 Å². The van der Waals surface area contributed by atoms with Gasteiger partial charge in [0.15, 0.2) is 30.0 Å². The molecule has 0 radical (unpaired) electrons. The maximum Gasteiger partial charge on any atom is 0.272 e. The molecule has 2 rings (SSSR count). The Labute approximate surface area is 369 Å². The number of benzene rings is 2. The van der Waals surface area contributed by atoms with E-state index in [9.17, 15) is 38.7 Å². The zero-order chi connectivity index (χ0) is 49.0. The van der Waals surface area contributed by atoms with Crippen molar-refractivity contribution in [3.63, 3.8) is 0 Å². The number of carbonyl (C=O) groups excluding carboxylic acids is 7. The number of primary amides is 1. The van der Waals surface area contributed by atoms with Gasteiger partial charge in [0.25, 0.3) is 35.4 Å². The van der Waals surface area contributed by atoms with Crippen molar-refractivity contribution < 1.29 is 38.7 Å². The summed E-state index contributed by atoms with van der Waals surface area (Å²) in [7, 11) is 3.79. The second kappa shape index (κ2) is 25.0. The van der Waals surface area contributed by atoms with Crippen molar-refractivity contribution in [1.29, 1.82) is 0 Å². The number of anilines is 1. The molecular formula is C35H52N22O8. The molecule has 27 N–H and O–H groups in total. The number of rotatable bonds is 22. The van der Waals surface area contributed by atoms with Crippen molar-refractivity contribution in [2.75, 3.05) is 19.0 Å². The van der Waals surface area contributed by atoms with E-state index in [0.717, 1.165) is 11.3 Å². The van der Waals surface area contributed by atoms with Gasteiger partial charge in [0.05, 0.1) is 0 Å². The number of carbonyl (C=O) groups is 7. The van der Waals surface area contributed by atoms with Crippen LogP contribution in [0.5, 0.6) is 0 Å². The van der Waals surface area contributed by atoms with Crippen LogP contribution in [0.4, 0.5) is 5.69 Å². The summed E-state index contributed by atoms with van der Waals surface area (Å²) in [4.78, 5) is 111. The van der Waals surface area contributed by atoms with Gasteiger partial charge < -0.3 is 99.2 Å². The van der Waals surface area contributed by atoms with Crippen LogP contribution in [0.2, 0.25) is 0 Å². The number of hydrogen-bond acceptors (Lipinski definition) is 15. The smallest absolute Gasteiger partial charge is 0.272 e. The predicted octanol–water partition coefficient (Wildman–Crippen LogP) is -9.24. The highest BCUT2D eigenvalue weighted by atomic mass is 16.3. The van der Waals surface area contributed by atoms with Crippen LogP contribution in [0, 0.1) is 0 Å². The van der Waals surface area contributed by atoms with Crippen molar-refractivity contribution in [2.45, 2.75) is 43.1 Å². The fourth-order valence-corrected chi connectivity index (χ4v) is 4.78. The van der Waals surface area contributed by atoms with Crippen LogP contribution in [-0.2, 0) is 33.6 Å². The molecule has 0 heterocycles. The van der Waals surface area contributed by atoms with Crippen molar-refractivity contribution in [3.05, 3.63) is 71.8 Å². The molecule has 2 aromatic carbocycles. The quantitative estimate of drug-likeness (QED) is 0.0296. The number of aliphatic imine (C=N–C) groups is 5. The summed E-state index contributed by atoms with van der Waals surface area (Å²) in [5, 5.41) is 23.0. The molecule has 65 heavy (non-hydrogen) atoms. The van der Waals surface area contributed by atoms with E-state index in [1.54, 1.807) is 12.1 Å². The lowest BCUT2D eigenvalue weighted by atomic mass is 10.1. The van der Waals surface area contributed by atoms with Gasteiger partial charge in [0.1, 0.15) is 6.04 Å². The molecule has 0 aliphatic heterocycles.